The highest BCUT2D eigenvalue weighted by molar-refractivity contribution is 6.06. The van der Waals surface area contributed by atoms with Gasteiger partial charge in [-0.1, -0.05) is 31.5 Å². The molecule has 2 aromatic carbocycles. The SMILES string of the molecule is CCCCn1c(=O)c2ccccc2c2cc(OC(=O)N3CCOCC3)ccc21. The maximum atomic E-state index is 13.0. The van der Waals surface area contributed by atoms with Crippen LogP contribution in [0.15, 0.2) is 47.3 Å². The van der Waals surface area contributed by atoms with Gasteiger partial charge in [-0.05, 0) is 36.1 Å². The molecule has 0 spiro atoms. The van der Waals surface area contributed by atoms with Crippen molar-refractivity contribution < 1.29 is 14.3 Å². The summed E-state index contributed by atoms with van der Waals surface area (Å²) in [5.74, 6) is 0.481. The zero-order valence-corrected chi connectivity index (χ0v) is 16.0. The molecule has 0 saturated carbocycles. The highest BCUT2D eigenvalue weighted by Gasteiger charge is 2.19. The van der Waals surface area contributed by atoms with Crippen molar-refractivity contribution in [2.45, 2.75) is 26.3 Å². The average Bonchev–Trinajstić information content (AvgIpc) is 2.74. The number of ether oxygens (including phenoxy) is 2. The van der Waals surface area contributed by atoms with Gasteiger partial charge in [-0.25, -0.2) is 4.79 Å². The number of hydrogen-bond acceptors (Lipinski definition) is 4. The van der Waals surface area contributed by atoms with Crippen molar-refractivity contribution in [2.75, 3.05) is 26.3 Å². The fraction of sp³-hybridized carbons (Fsp3) is 0.364. The van der Waals surface area contributed by atoms with E-state index in [-0.39, 0.29) is 11.7 Å². The van der Waals surface area contributed by atoms with Crippen LogP contribution < -0.4 is 10.3 Å². The summed E-state index contributed by atoms with van der Waals surface area (Å²) >= 11 is 0. The monoisotopic (exact) mass is 380 g/mol. The minimum atomic E-state index is -0.369. The number of morpholine rings is 1. The van der Waals surface area contributed by atoms with E-state index >= 15 is 0 Å². The number of benzene rings is 2. The lowest BCUT2D eigenvalue weighted by atomic mass is 10.1. The summed E-state index contributed by atoms with van der Waals surface area (Å²) < 4.78 is 12.7. The smallest absolute Gasteiger partial charge is 0.410 e. The largest absolute Gasteiger partial charge is 0.415 e. The van der Waals surface area contributed by atoms with E-state index < -0.39 is 0 Å². The number of aromatic nitrogens is 1. The number of unbranched alkanes of at least 4 members (excludes halogenated alkanes) is 1. The van der Waals surface area contributed by atoms with E-state index in [0.29, 0.717) is 44.0 Å². The number of fused-ring (bicyclic) bond motifs is 3. The van der Waals surface area contributed by atoms with Crippen LogP contribution in [-0.2, 0) is 11.3 Å². The molecule has 6 nitrogen and oxygen atoms in total. The van der Waals surface area contributed by atoms with Crippen molar-refractivity contribution in [1.29, 1.82) is 0 Å². The molecule has 1 aliphatic rings. The van der Waals surface area contributed by atoms with E-state index in [1.165, 1.54) is 0 Å². The Morgan fingerprint density at radius 3 is 2.57 bits per heavy atom. The Morgan fingerprint density at radius 1 is 1.07 bits per heavy atom. The van der Waals surface area contributed by atoms with Gasteiger partial charge in [0.05, 0.1) is 18.7 Å². The molecule has 3 aromatic rings. The van der Waals surface area contributed by atoms with Crippen molar-refractivity contribution in [2.24, 2.45) is 0 Å². The summed E-state index contributed by atoms with van der Waals surface area (Å²) in [6.45, 7) is 4.90. The molecule has 0 bridgehead atoms. The van der Waals surface area contributed by atoms with Gasteiger partial charge < -0.3 is 18.9 Å². The van der Waals surface area contributed by atoms with Crippen molar-refractivity contribution in [3.05, 3.63) is 52.8 Å². The molecule has 1 saturated heterocycles. The van der Waals surface area contributed by atoms with Gasteiger partial charge in [-0.15, -0.1) is 0 Å². The van der Waals surface area contributed by atoms with E-state index in [2.05, 4.69) is 6.92 Å². The Morgan fingerprint density at radius 2 is 1.82 bits per heavy atom. The highest BCUT2D eigenvalue weighted by atomic mass is 16.6. The fourth-order valence-electron chi connectivity index (χ4n) is 3.64. The first-order valence-corrected chi connectivity index (χ1v) is 9.79. The molecule has 1 amide bonds. The third-order valence-corrected chi connectivity index (χ3v) is 5.16. The molecule has 0 N–H and O–H groups in total. The van der Waals surface area contributed by atoms with Crippen LogP contribution in [0.25, 0.3) is 21.7 Å². The summed E-state index contributed by atoms with van der Waals surface area (Å²) in [6.07, 6.45) is 1.57. The van der Waals surface area contributed by atoms with Crippen molar-refractivity contribution >= 4 is 27.8 Å². The number of rotatable bonds is 4. The van der Waals surface area contributed by atoms with Crippen LogP contribution in [0.3, 0.4) is 0 Å². The van der Waals surface area contributed by atoms with E-state index in [4.69, 9.17) is 9.47 Å². The predicted molar refractivity (Wildman–Crippen MR) is 109 cm³/mol. The fourth-order valence-corrected chi connectivity index (χ4v) is 3.64. The molecule has 0 unspecified atom stereocenters. The summed E-state index contributed by atoms with van der Waals surface area (Å²) in [5, 5.41) is 2.47. The number of hydrogen-bond donors (Lipinski definition) is 0. The number of aryl methyl sites for hydroxylation is 1. The summed E-state index contributed by atoms with van der Waals surface area (Å²) in [6, 6.07) is 13.1. The van der Waals surface area contributed by atoms with Crippen molar-refractivity contribution in [3.8, 4) is 5.75 Å². The second-order valence-corrected chi connectivity index (χ2v) is 7.00. The summed E-state index contributed by atoms with van der Waals surface area (Å²) in [7, 11) is 0. The predicted octanol–water partition coefficient (Wildman–Crippen LogP) is 3.79. The lowest BCUT2D eigenvalue weighted by Crippen LogP contribution is -2.42. The molecular weight excluding hydrogens is 356 g/mol. The lowest BCUT2D eigenvalue weighted by molar-refractivity contribution is 0.0416. The number of amides is 1. The number of nitrogens with zero attached hydrogens (tertiary/aromatic N) is 2. The molecule has 6 heteroatoms. The number of carbonyl (C=O) groups excluding carboxylic acids is 1. The molecule has 2 heterocycles. The van der Waals surface area contributed by atoms with Crippen LogP contribution in [-0.4, -0.2) is 41.9 Å². The molecular formula is C22H24N2O4. The first-order chi connectivity index (χ1) is 13.7. The van der Waals surface area contributed by atoms with Gasteiger partial charge in [0, 0.05) is 30.4 Å². The normalized spacial score (nSPS) is 14.5. The molecule has 1 aliphatic heterocycles. The molecule has 0 aliphatic carbocycles. The Balaban J connectivity index is 1.77. The van der Waals surface area contributed by atoms with Crippen molar-refractivity contribution in [3.63, 3.8) is 0 Å². The van der Waals surface area contributed by atoms with E-state index in [0.717, 1.165) is 29.1 Å². The zero-order chi connectivity index (χ0) is 19.5. The molecule has 0 atom stereocenters. The standard InChI is InChI=1S/C22H24N2O4/c1-2-3-10-24-20-9-8-16(28-22(26)23-11-13-27-14-12-23)15-19(20)17-6-4-5-7-18(17)21(24)25/h4-9,15H,2-3,10-14H2,1H3. The topological polar surface area (TPSA) is 60.8 Å². The van der Waals surface area contributed by atoms with Gasteiger partial charge in [-0.2, -0.15) is 0 Å². The van der Waals surface area contributed by atoms with Crippen LogP contribution in [0, 0.1) is 0 Å². The molecule has 146 valence electrons. The van der Waals surface area contributed by atoms with Gasteiger partial charge in [-0.3, -0.25) is 4.79 Å². The molecule has 1 aromatic heterocycles. The molecule has 4 rings (SSSR count). The first kappa shape index (κ1) is 18.5. The third-order valence-electron chi connectivity index (χ3n) is 5.16. The lowest BCUT2D eigenvalue weighted by Gasteiger charge is -2.25. The van der Waals surface area contributed by atoms with Gasteiger partial charge >= 0.3 is 6.09 Å². The van der Waals surface area contributed by atoms with E-state index in [9.17, 15) is 9.59 Å². The molecule has 1 fully saturated rings. The Bertz CT molecular complexity index is 1070. The average molecular weight is 380 g/mol. The molecule has 0 radical (unpaired) electrons. The number of pyridine rings is 1. The van der Waals surface area contributed by atoms with E-state index in [1.54, 1.807) is 11.0 Å². The summed E-state index contributed by atoms with van der Waals surface area (Å²) in [5.41, 5.74) is 0.887. The highest BCUT2D eigenvalue weighted by Crippen LogP contribution is 2.27. The second-order valence-electron chi connectivity index (χ2n) is 7.00. The van der Waals surface area contributed by atoms with Gasteiger partial charge in [0.25, 0.3) is 5.56 Å². The van der Waals surface area contributed by atoms with Crippen LogP contribution in [0.5, 0.6) is 5.75 Å². The first-order valence-electron chi connectivity index (χ1n) is 9.79. The third kappa shape index (κ3) is 3.47. The van der Waals surface area contributed by atoms with E-state index in [1.807, 2.05) is 41.0 Å². The van der Waals surface area contributed by atoms with Gasteiger partial charge in [0.1, 0.15) is 5.75 Å². The quantitative estimate of drug-likeness (QED) is 0.646. The van der Waals surface area contributed by atoms with Crippen molar-refractivity contribution in [1.82, 2.24) is 9.47 Å². The summed E-state index contributed by atoms with van der Waals surface area (Å²) in [4.78, 5) is 27.0. The Kier molecular flexibility index (Phi) is 5.30. The maximum absolute atomic E-state index is 13.0. The van der Waals surface area contributed by atoms with Crippen LogP contribution in [0.2, 0.25) is 0 Å². The second kappa shape index (κ2) is 8.02. The minimum absolute atomic E-state index is 0.0228. The molecule has 28 heavy (non-hydrogen) atoms. The zero-order valence-electron chi connectivity index (χ0n) is 16.0. The van der Waals surface area contributed by atoms with Gasteiger partial charge in [0.2, 0.25) is 0 Å². The number of carbonyl (C=O) groups is 1. The van der Waals surface area contributed by atoms with Crippen LogP contribution in [0.4, 0.5) is 4.79 Å². The Labute approximate surface area is 163 Å². The Hall–Kier alpha value is -2.86. The maximum Gasteiger partial charge on any atom is 0.415 e. The minimum Gasteiger partial charge on any atom is -0.410 e. The van der Waals surface area contributed by atoms with Crippen LogP contribution in [0.1, 0.15) is 19.8 Å². The van der Waals surface area contributed by atoms with Gasteiger partial charge in [0.15, 0.2) is 0 Å². The van der Waals surface area contributed by atoms with Crippen LogP contribution >= 0.6 is 0 Å².